The minimum atomic E-state index is -3.51. The molecule has 0 radical (unpaired) electrons. The van der Waals surface area contributed by atoms with Crippen LogP contribution in [0.2, 0.25) is 0 Å². The second-order valence-corrected chi connectivity index (χ2v) is 8.95. The Balaban J connectivity index is 2.20. The van der Waals surface area contributed by atoms with Crippen LogP contribution in [0.4, 0.5) is 0 Å². The quantitative estimate of drug-likeness (QED) is 0.837. The molecule has 0 saturated carbocycles. The van der Waals surface area contributed by atoms with Gasteiger partial charge in [-0.3, -0.25) is 4.79 Å². The standard InChI is InChI=1S/C14H23N3O3S2/c1-10-4-3-7-17(13(10)8-15)22(19,20)14-6-5-12(21-14)9-16-11(2)18/h5-6,10,13H,3-4,7-9,15H2,1-2H3,(H,16,18)/t10-,13-/m0/s1. The van der Waals surface area contributed by atoms with Crippen molar-refractivity contribution in [2.24, 2.45) is 11.7 Å². The van der Waals surface area contributed by atoms with E-state index in [9.17, 15) is 13.2 Å². The van der Waals surface area contributed by atoms with Gasteiger partial charge in [0.1, 0.15) is 4.21 Å². The average molecular weight is 345 g/mol. The molecule has 1 fully saturated rings. The molecule has 0 aromatic carbocycles. The summed E-state index contributed by atoms with van der Waals surface area (Å²) in [6.07, 6.45) is 1.87. The van der Waals surface area contributed by atoms with Gasteiger partial charge in [0, 0.05) is 30.9 Å². The molecule has 0 aliphatic carbocycles. The maximum Gasteiger partial charge on any atom is 0.252 e. The van der Waals surface area contributed by atoms with Gasteiger partial charge < -0.3 is 11.1 Å². The van der Waals surface area contributed by atoms with Crippen molar-refractivity contribution in [1.29, 1.82) is 0 Å². The summed E-state index contributed by atoms with van der Waals surface area (Å²) in [6, 6.07) is 3.22. The Kier molecular flexibility index (Phi) is 5.60. The lowest BCUT2D eigenvalue weighted by molar-refractivity contribution is -0.119. The molecule has 1 aliphatic rings. The lowest BCUT2D eigenvalue weighted by atomic mass is 9.93. The summed E-state index contributed by atoms with van der Waals surface area (Å²) < 4.78 is 27.6. The molecule has 0 unspecified atom stereocenters. The van der Waals surface area contributed by atoms with E-state index < -0.39 is 10.0 Å². The molecule has 0 spiro atoms. The van der Waals surface area contributed by atoms with Crippen molar-refractivity contribution in [3.63, 3.8) is 0 Å². The van der Waals surface area contributed by atoms with Gasteiger partial charge >= 0.3 is 0 Å². The molecule has 1 amide bonds. The highest BCUT2D eigenvalue weighted by atomic mass is 32.2. The number of hydrogen-bond acceptors (Lipinski definition) is 5. The van der Waals surface area contributed by atoms with Crippen LogP contribution in [-0.2, 0) is 21.4 Å². The van der Waals surface area contributed by atoms with E-state index in [0.717, 1.165) is 17.7 Å². The first-order chi connectivity index (χ1) is 10.4. The Hall–Kier alpha value is -0.960. The van der Waals surface area contributed by atoms with E-state index in [1.165, 1.54) is 18.3 Å². The normalized spacial score (nSPS) is 23.4. The first-order valence-corrected chi connectivity index (χ1v) is 9.67. The van der Waals surface area contributed by atoms with Gasteiger partial charge in [-0.25, -0.2) is 8.42 Å². The van der Waals surface area contributed by atoms with E-state index in [-0.39, 0.29) is 17.9 Å². The van der Waals surface area contributed by atoms with Crippen LogP contribution in [0.3, 0.4) is 0 Å². The van der Waals surface area contributed by atoms with Gasteiger partial charge in [-0.15, -0.1) is 11.3 Å². The van der Waals surface area contributed by atoms with Gasteiger partial charge in [-0.1, -0.05) is 6.92 Å². The third-order valence-corrected chi connectivity index (χ3v) is 7.49. The Labute approximate surface area is 135 Å². The van der Waals surface area contributed by atoms with Crippen molar-refractivity contribution in [2.45, 2.75) is 43.5 Å². The Morgan fingerprint density at radius 3 is 2.86 bits per heavy atom. The molecule has 1 aliphatic heterocycles. The van der Waals surface area contributed by atoms with Crippen molar-refractivity contribution in [3.8, 4) is 0 Å². The minimum absolute atomic E-state index is 0.133. The fourth-order valence-corrected chi connectivity index (χ4v) is 5.97. The fraction of sp³-hybridized carbons (Fsp3) is 0.643. The largest absolute Gasteiger partial charge is 0.351 e. The van der Waals surface area contributed by atoms with E-state index in [1.807, 2.05) is 0 Å². The van der Waals surface area contributed by atoms with E-state index in [0.29, 0.717) is 23.8 Å². The number of carbonyl (C=O) groups excluding carboxylic acids is 1. The number of thiophene rings is 1. The molecular weight excluding hydrogens is 322 g/mol. The number of carbonyl (C=O) groups is 1. The molecule has 2 heterocycles. The molecule has 1 saturated heterocycles. The summed E-state index contributed by atoms with van der Waals surface area (Å²) in [4.78, 5) is 11.8. The molecule has 22 heavy (non-hydrogen) atoms. The monoisotopic (exact) mass is 345 g/mol. The van der Waals surface area contributed by atoms with Crippen LogP contribution in [0.25, 0.3) is 0 Å². The molecule has 1 aromatic rings. The van der Waals surface area contributed by atoms with Crippen molar-refractivity contribution < 1.29 is 13.2 Å². The van der Waals surface area contributed by atoms with E-state index >= 15 is 0 Å². The summed E-state index contributed by atoms with van der Waals surface area (Å²) in [5, 5.41) is 2.68. The van der Waals surface area contributed by atoms with E-state index in [2.05, 4.69) is 12.2 Å². The lowest BCUT2D eigenvalue weighted by Gasteiger charge is -2.37. The second kappa shape index (κ2) is 7.08. The third-order valence-electron chi connectivity index (χ3n) is 4.02. The zero-order valence-corrected chi connectivity index (χ0v) is 14.5. The van der Waals surface area contributed by atoms with Crippen LogP contribution in [0, 0.1) is 5.92 Å². The average Bonchev–Trinajstić information content (AvgIpc) is 2.94. The summed E-state index contributed by atoms with van der Waals surface area (Å²) in [6.45, 7) is 4.70. The summed E-state index contributed by atoms with van der Waals surface area (Å²) in [5.41, 5.74) is 5.79. The molecule has 124 valence electrons. The van der Waals surface area contributed by atoms with Gasteiger partial charge in [0.05, 0.1) is 6.54 Å². The highest BCUT2D eigenvalue weighted by Crippen LogP contribution is 2.31. The number of sulfonamides is 1. The molecule has 1 aromatic heterocycles. The summed E-state index contributed by atoms with van der Waals surface area (Å²) in [5.74, 6) is 0.137. The highest BCUT2D eigenvalue weighted by Gasteiger charge is 2.37. The SMILES string of the molecule is CC(=O)NCc1ccc(S(=O)(=O)N2CCC[C@H](C)[C@@H]2CN)s1. The minimum Gasteiger partial charge on any atom is -0.351 e. The summed E-state index contributed by atoms with van der Waals surface area (Å²) in [7, 11) is -3.51. The molecule has 2 rings (SSSR count). The number of rotatable bonds is 5. The van der Waals surface area contributed by atoms with Gasteiger partial charge in [0.15, 0.2) is 0 Å². The van der Waals surface area contributed by atoms with Crippen molar-refractivity contribution in [2.75, 3.05) is 13.1 Å². The van der Waals surface area contributed by atoms with Gasteiger partial charge in [0.25, 0.3) is 10.0 Å². The second-order valence-electron chi connectivity index (χ2n) is 5.67. The molecule has 3 N–H and O–H groups in total. The lowest BCUT2D eigenvalue weighted by Crippen LogP contribution is -2.51. The van der Waals surface area contributed by atoms with Crippen LogP contribution < -0.4 is 11.1 Å². The summed E-state index contributed by atoms with van der Waals surface area (Å²) >= 11 is 1.20. The van der Waals surface area contributed by atoms with Crippen LogP contribution in [-0.4, -0.2) is 37.8 Å². The van der Waals surface area contributed by atoms with Crippen LogP contribution in [0.15, 0.2) is 16.3 Å². The van der Waals surface area contributed by atoms with Crippen molar-refractivity contribution in [1.82, 2.24) is 9.62 Å². The van der Waals surface area contributed by atoms with Crippen molar-refractivity contribution >= 4 is 27.3 Å². The number of nitrogens with zero attached hydrogens (tertiary/aromatic N) is 1. The smallest absolute Gasteiger partial charge is 0.252 e. The molecule has 6 nitrogen and oxygen atoms in total. The van der Waals surface area contributed by atoms with Crippen LogP contribution >= 0.6 is 11.3 Å². The molecule has 0 bridgehead atoms. The first kappa shape index (κ1) is 17.4. The maximum absolute atomic E-state index is 12.8. The zero-order valence-electron chi connectivity index (χ0n) is 12.9. The first-order valence-electron chi connectivity index (χ1n) is 7.41. The Morgan fingerprint density at radius 2 is 2.23 bits per heavy atom. The Morgan fingerprint density at radius 1 is 1.50 bits per heavy atom. The van der Waals surface area contributed by atoms with Gasteiger partial charge in [-0.05, 0) is 30.9 Å². The van der Waals surface area contributed by atoms with E-state index in [4.69, 9.17) is 5.73 Å². The number of nitrogens with two attached hydrogens (primary N) is 1. The number of hydrogen-bond donors (Lipinski definition) is 2. The maximum atomic E-state index is 12.8. The third kappa shape index (κ3) is 3.68. The van der Waals surface area contributed by atoms with Gasteiger partial charge in [0.2, 0.25) is 5.91 Å². The molecule has 2 atom stereocenters. The van der Waals surface area contributed by atoms with Crippen molar-refractivity contribution in [3.05, 3.63) is 17.0 Å². The van der Waals surface area contributed by atoms with Gasteiger partial charge in [-0.2, -0.15) is 4.31 Å². The fourth-order valence-electron chi connectivity index (χ4n) is 2.78. The molecular formula is C14H23N3O3S2. The number of piperidine rings is 1. The van der Waals surface area contributed by atoms with Crippen LogP contribution in [0.5, 0.6) is 0 Å². The predicted molar refractivity (Wildman–Crippen MR) is 87.0 cm³/mol. The van der Waals surface area contributed by atoms with Crippen LogP contribution in [0.1, 0.15) is 31.6 Å². The topological polar surface area (TPSA) is 92.5 Å². The molecule has 8 heteroatoms. The predicted octanol–water partition coefficient (Wildman–Crippen LogP) is 1.13. The number of amides is 1. The zero-order chi connectivity index (χ0) is 16.3. The van der Waals surface area contributed by atoms with E-state index in [1.54, 1.807) is 16.4 Å². The Bertz CT molecular complexity index is 627. The highest BCUT2D eigenvalue weighted by molar-refractivity contribution is 7.91. The number of nitrogens with one attached hydrogen (secondary N) is 1.